The maximum Gasteiger partial charge on any atom is 0.142 e. The number of rotatable bonds is 3. The molecule has 0 spiro atoms. The molecule has 2 nitrogen and oxygen atoms in total. The number of halogens is 1. The molecule has 0 aliphatic heterocycles. The minimum atomic E-state index is 0.775. The van der Waals surface area contributed by atoms with Crippen LogP contribution in [0.1, 0.15) is 29.7 Å². The summed E-state index contributed by atoms with van der Waals surface area (Å²) >= 11 is 9.16. The molecule has 1 heterocycles. The summed E-state index contributed by atoms with van der Waals surface area (Å²) in [5.41, 5.74) is 5.04. The van der Waals surface area contributed by atoms with Crippen LogP contribution in [-0.2, 0) is 19.4 Å². The quantitative estimate of drug-likeness (QED) is 0.494. The predicted molar refractivity (Wildman–Crippen MR) is 108 cm³/mol. The van der Waals surface area contributed by atoms with Crippen LogP contribution < -0.4 is 0 Å². The van der Waals surface area contributed by atoms with Crippen LogP contribution in [0.5, 0.6) is 0 Å². The van der Waals surface area contributed by atoms with Gasteiger partial charge in [0.2, 0.25) is 0 Å². The van der Waals surface area contributed by atoms with Gasteiger partial charge in [0.05, 0.1) is 0 Å². The van der Waals surface area contributed by atoms with Crippen molar-refractivity contribution in [3.8, 4) is 11.4 Å². The van der Waals surface area contributed by atoms with Gasteiger partial charge in [-0.2, -0.15) is 0 Å². The van der Waals surface area contributed by atoms with Crippen molar-refractivity contribution < 1.29 is 0 Å². The summed E-state index contributed by atoms with van der Waals surface area (Å²) in [6.07, 6.45) is 4.57. The molecular formula is C21H19BrN2S. The van der Waals surface area contributed by atoms with Gasteiger partial charge in [0, 0.05) is 27.8 Å². The van der Waals surface area contributed by atoms with Crippen molar-refractivity contribution in [3.05, 3.63) is 80.5 Å². The maximum atomic E-state index is 5.64. The largest absolute Gasteiger partial charge is 0.325 e. The molecule has 3 aromatic rings. The van der Waals surface area contributed by atoms with Gasteiger partial charge < -0.3 is 4.57 Å². The van der Waals surface area contributed by atoms with E-state index in [1.54, 1.807) is 0 Å². The van der Waals surface area contributed by atoms with Crippen molar-refractivity contribution in [2.24, 2.45) is 0 Å². The fourth-order valence-corrected chi connectivity index (χ4v) is 4.10. The minimum Gasteiger partial charge on any atom is -0.325 e. The number of hydrogen-bond donors (Lipinski definition) is 0. The number of hydrogen-bond acceptors (Lipinski definition) is 2. The molecule has 0 saturated carbocycles. The van der Waals surface area contributed by atoms with Crippen molar-refractivity contribution in [2.75, 3.05) is 0 Å². The first kappa shape index (κ1) is 16.7. The van der Waals surface area contributed by atoms with Gasteiger partial charge >= 0.3 is 0 Å². The van der Waals surface area contributed by atoms with Gasteiger partial charge in [0.25, 0.3) is 0 Å². The third-order valence-electron chi connectivity index (χ3n) is 4.77. The van der Waals surface area contributed by atoms with Crippen LogP contribution in [0.4, 0.5) is 0 Å². The van der Waals surface area contributed by atoms with Gasteiger partial charge in [0.15, 0.2) is 0 Å². The highest BCUT2D eigenvalue weighted by Crippen LogP contribution is 2.28. The molecule has 0 bridgehead atoms. The fraction of sp³-hybridized carbons (Fsp3) is 0.238. The van der Waals surface area contributed by atoms with Crippen molar-refractivity contribution >= 4 is 28.1 Å². The predicted octanol–water partition coefficient (Wildman–Crippen LogP) is 5.97. The van der Waals surface area contributed by atoms with E-state index in [9.17, 15) is 0 Å². The average molecular weight is 411 g/mol. The molecular weight excluding hydrogens is 392 g/mol. The Hall–Kier alpha value is -1.78. The van der Waals surface area contributed by atoms with E-state index in [2.05, 4.69) is 75.1 Å². The Bertz CT molecular complexity index is 946. The molecule has 25 heavy (non-hydrogen) atoms. The average Bonchev–Trinajstić information content (AvgIpc) is 2.66. The highest BCUT2D eigenvalue weighted by molar-refractivity contribution is 9.10. The lowest BCUT2D eigenvalue weighted by atomic mass is 9.96. The second-order valence-corrected chi connectivity index (χ2v) is 7.75. The second-order valence-electron chi connectivity index (χ2n) is 6.45. The van der Waals surface area contributed by atoms with Crippen LogP contribution in [0.15, 0.2) is 59.1 Å². The lowest BCUT2D eigenvalue weighted by Gasteiger charge is -2.24. The van der Waals surface area contributed by atoms with E-state index < -0.39 is 0 Å². The topological polar surface area (TPSA) is 17.8 Å². The molecule has 0 fully saturated rings. The standard InChI is InChI=1S/C21H19BrN2S/c22-17-12-10-16(11-13-17)20-23-21(25)18-8-4-5-9-19(18)24(20)14-15-6-2-1-3-7-15/h1-3,6-7,10-13H,4-5,8-9,14H2. The number of benzene rings is 2. The summed E-state index contributed by atoms with van der Waals surface area (Å²) in [6, 6.07) is 18.9. The van der Waals surface area contributed by atoms with Gasteiger partial charge in [-0.3, -0.25) is 0 Å². The van der Waals surface area contributed by atoms with Crippen molar-refractivity contribution in [1.82, 2.24) is 9.55 Å². The summed E-state index contributed by atoms with van der Waals surface area (Å²) in [5, 5.41) is 0. The number of fused-ring (bicyclic) bond motifs is 1. The second kappa shape index (κ2) is 7.22. The zero-order valence-corrected chi connectivity index (χ0v) is 16.3. The summed E-state index contributed by atoms with van der Waals surface area (Å²) in [6.45, 7) is 0.831. The Kier molecular flexibility index (Phi) is 4.82. The van der Waals surface area contributed by atoms with Crippen molar-refractivity contribution in [1.29, 1.82) is 0 Å². The lowest BCUT2D eigenvalue weighted by molar-refractivity contribution is 0.604. The highest BCUT2D eigenvalue weighted by Gasteiger charge is 2.19. The number of nitrogens with zero attached hydrogens (tertiary/aromatic N) is 2. The number of aromatic nitrogens is 2. The molecule has 2 aromatic carbocycles. The minimum absolute atomic E-state index is 0.775. The molecule has 1 aliphatic carbocycles. The molecule has 0 radical (unpaired) electrons. The summed E-state index contributed by atoms with van der Waals surface area (Å²) in [4.78, 5) is 4.84. The maximum absolute atomic E-state index is 5.64. The molecule has 0 unspecified atom stereocenters. The first-order chi connectivity index (χ1) is 12.2. The first-order valence-corrected chi connectivity index (χ1v) is 9.85. The van der Waals surface area contributed by atoms with Gasteiger partial charge in [0.1, 0.15) is 10.5 Å². The van der Waals surface area contributed by atoms with Crippen LogP contribution in [0.25, 0.3) is 11.4 Å². The van der Waals surface area contributed by atoms with Gasteiger partial charge in [-0.1, -0.05) is 70.6 Å². The molecule has 126 valence electrons. The first-order valence-electron chi connectivity index (χ1n) is 8.65. The molecule has 0 atom stereocenters. The third-order valence-corrected chi connectivity index (χ3v) is 5.64. The van der Waals surface area contributed by atoms with Crippen molar-refractivity contribution in [2.45, 2.75) is 32.2 Å². The Labute approximate surface area is 161 Å². The van der Waals surface area contributed by atoms with E-state index >= 15 is 0 Å². The molecule has 0 amide bonds. The van der Waals surface area contributed by atoms with Crippen LogP contribution in [0.3, 0.4) is 0 Å². The zero-order chi connectivity index (χ0) is 17.2. The van der Waals surface area contributed by atoms with E-state index in [1.165, 1.54) is 29.7 Å². The van der Waals surface area contributed by atoms with E-state index in [0.717, 1.165) is 39.9 Å². The van der Waals surface area contributed by atoms with Crippen molar-refractivity contribution in [3.63, 3.8) is 0 Å². The van der Waals surface area contributed by atoms with E-state index in [0.29, 0.717) is 0 Å². The molecule has 4 rings (SSSR count). The molecule has 1 aromatic heterocycles. The van der Waals surface area contributed by atoms with Crippen LogP contribution in [-0.4, -0.2) is 9.55 Å². The molecule has 0 N–H and O–H groups in total. The SMILES string of the molecule is S=c1nc(-c2ccc(Br)cc2)n(Cc2ccccc2)c2c1CCCC2. The molecule has 1 aliphatic rings. The van der Waals surface area contributed by atoms with E-state index in [1.807, 2.05) is 0 Å². The Morgan fingerprint density at radius 1 is 0.960 bits per heavy atom. The zero-order valence-electron chi connectivity index (χ0n) is 13.9. The molecule has 4 heteroatoms. The normalized spacial score (nSPS) is 13.5. The van der Waals surface area contributed by atoms with E-state index in [-0.39, 0.29) is 0 Å². The highest BCUT2D eigenvalue weighted by atomic mass is 79.9. The Morgan fingerprint density at radius 2 is 1.68 bits per heavy atom. The van der Waals surface area contributed by atoms with Gasteiger partial charge in [-0.05, 0) is 43.4 Å². The summed E-state index contributed by atoms with van der Waals surface area (Å²) in [7, 11) is 0. The van der Waals surface area contributed by atoms with Crippen LogP contribution in [0, 0.1) is 4.64 Å². The fourth-order valence-electron chi connectivity index (χ4n) is 3.53. The van der Waals surface area contributed by atoms with E-state index in [4.69, 9.17) is 17.2 Å². The van der Waals surface area contributed by atoms with Gasteiger partial charge in [-0.25, -0.2) is 4.98 Å². The Balaban J connectivity index is 1.91. The molecule has 0 saturated heterocycles. The van der Waals surface area contributed by atoms with Gasteiger partial charge in [-0.15, -0.1) is 0 Å². The monoisotopic (exact) mass is 410 g/mol. The lowest BCUT2D eigenvalue weighted by Crippen LogP contribution is -2.18. The Morgan fingerprint density at radius 3 is 2.44 bits per heavy atom. The van der Waals surface area contributed by atoms with Crippen LogP contribution in [0.2, 0.25) is 0 Å². The van der Waals surface area contributed by atoms with Crippen LogP contribution >= 0.6 is 28.1 Å². The summed E-state index contributed by atoms with van der Waals surface area (Å²) in [5.74, 6) is 0.974. The summed E-state index contributed by atoms with van der Waals surface area (Å²) < 4.78 is 4.22. The smallest absolute Gasteiger partial charge is 0.142 e. The third kappa shape index (κ3) is 3.46.